The minimum atomic E-state index is -0.0888. The lowest BCUT2D eigenvalue weighted by Gasteiger charge is -2.32. The van der Waals surface area contributed by atoms with E-state index < -0.39 is 0 Å². The van der Waals surface area contributed by atoms with E-state index in [9.17, 15) is 4.79 Å². The van der Waals surface area contributed by atoms with E-state index in [4.69, 9.17) is 9.47 Å². The Balaban J connectivity index is 1.47. The molecule has 1 aromatic heterocycles. The number of ether oxygens (including phenoxy) is 2. The van der Waals surface area contributed by atoms with Crippen molar-refractivity contribution in [3.63, 3.8) is 0 Å². The molecule has 1 aromatic carbocycles. The van der Waals surface area contributed by atoms with Crippen LogP contribution in [0.15, 0.2) is 24.3 Å². The van der Waals surface area contributed by atoms with Crippen LogP contribution < -0.4 is 5.32 Å². The molecular formula is C19H28N4O3. The van der Waals surface area contributed by atoms with Crippen LogP contribution in [0.3, 0.4) is 0 Å². The van der Waals surface area contributed by atoms with Crippen molar-refractivity contribution in [3.05, 3.63) is 30.1 Å². The Kier molecular flexibility index (Phi) is 6.60. The van der Waals surface area contributed by atoms with Gasteiger partial charge < -0.3 is 24.7 Å². The Labute approximate surface area is 154 Å². The summed E-state index contributed by atoms with van der Waals surface area (Å²) in [5.74, 6) is 0.835. The monoisotopic (exact) mass is 360 g/mol. The summed E-state index contributed by atoms with van der Waals surface area (Å²) in [6, 6.07) is 7.79. The van der Waals surface area contributed by atoms with Crippen LogP contribution in [0.25, 0.3) is 11.0 Å². The van der Waals surface area contributed by atoms with Gasteiger partial charge in [0.25, 0.3) is 0 Å². The number of aromatic nitrogens is 2. The molecule has 1 fully saturated rings. The van der Waals surface area contributed by atoms with Gasteiger partial charge in [-0.1, -0.05) is 12.1 Å². The number of carbonyl (C=O) groups excluding carboxylic acids is 1. The highest BCUT2D eigenvalue weighted by atomic mass is 16.5. The topological polar surface area (TPSA) is 79.5 Å². The minimum absolute atomic E-state index is 0.00201. The molecule has 1 saturated heterocycles. The summed E-state index contributed by atoms with van der Waals surface area (Å²) in [6.07, 6.45) is 1.79. The van der Waals surface area contributed by atoms with Gasteiger partial charge in [-0.3, -0.25) is 4.79 Å². The zero-order valence-electron chi connectivity index (χ0n) is 15.5. The standard InChI is InChI=1S/C19H28N4O3/c1-23(2)10-12-26-17-9-11-25-13-16(17)22-19(24)8-7-18-20-14-5-3-4-6-15(14)21-18/h3-6,16-17H,7-13H2,1-2H3,(H,20,21)(H,22,24)/t16-,17+/m1/s1. The van der Waals surface area contributed by atoms with E-state index in [1.165, 1.54) is 0 Å². The van der Waals surface area contributed by atoms with Crippen molar-refractivity contribution in [1.82, 2.24) is 20.2 Å². The second-order valence-electron chi connectivity index (χ2n) is 6.95. The Morgan fingerprint density at radius 3 is 3.08 bits per heavy atom. The maximum absolute atomic E-state index is 12.4. The number of hydrogen-bond acceptors (Lipinski definition) is 5. The Bertz CT molecular complexity index is 683. The zero-order chi connectivity index (χ0) is 18.4. The van der Waals surface area contributed by atoms with Crippen molar-refractivity contribution in [2.45, 2.75) is 31.4 Å². The average molecular weight is 360 g/mol. The van der Waals surface area contributed by atoms with Gasteiger partial charge in [0.2, 0.25) is 5.91 Å². The van der Waals surface area contributed by atoms with E-state index in [1.54, 1.807) is 0 Å². The van der Waals surface area contributed by atoms with Crippen LogP contribution in [0.1, 0.15) is 18.7 Å². The van der Waals surface area contributed by atoms with Crippen LogP contribution in [-0.4, -0.2) is 73.4 Å². The van der Waals surface area contributed by atoms with E-state index in [-0.39, 0.29) is 18.1 Å². The molecule has 0 unspecified atom stereocenters. The molecule has 1 aliphatic rings. The third-order valence-electron chi connectivity index (χ3n) is 4.54. The highest BCUT2D eigenvalue weighted by Crippen LogP contribution is 2.14. The molecule has 2 atom stereocenters. The number of carbonyl (C=O) groups is 1. The van der Waals surface area contributed by atoms with Crippen LogP contribution in [-0.2, 0) is 20.7 Å². The van der Waals surface area contributed by atoms with Crippen LogP contribution in [0.5, 0.6) is 0 Å². The predicted octanol–water partition coefficient (Wildman–Crippen LogP) is 1.35. The molecule has 7 nitrogen and oxygen atoms in total. The molecule has 142 valence electrons. The van der Waals surface area contributed by atoms with Gasteiger partial charge in [-0.25, -0.2) is 4.98 Å². The van der Waals surface area contributed by atoms with Gasteiger partial charge in [-0.2, -0.15) is 0 Å². The first-order valence-electron chi connectivity index (χ1n) is 9.19. The van der Waals surface area contributed by atoms with Crippen molar-refractivity contribution in [2.75, 3.05) is 40.5 Å². The number of amides is 1. The van der Waals surface area contributed by atoms with Crippen LogP contribution in [0, 0.1) is 0 Å². The molecule has 0 radical (unpaired) electrons. The molecule has 7 heteroatoms. The van der Waals surface area contributed by atoms with E-state index in [0.717, 1.165) is 29.8 Å². The fourth-order valence-corrected chi connectivity index (χ4v) is 3.07. The van der Waals surface area contributed by atoms with Crippen LogP contribution in [0.2, 0.25) is 0 Å². The summed E-state index contributed by atoms with van der Waals surface area (Å²) in [5, 5.41) is 3.07. The van der Waals surface area contributed by atoms with Crippen molar-refractivity contribution < 1.29 is 14.3 Å². The highest BCUT2D eigenvalue weighted by molar-refractivity contribution is 5.77. The number of para-hydroxylation sites is 2. The molecular weight excluding hydrogens is 332 g/mol. The normalized spacial score (nSPS) is 20.6. The Morgan fingerprint density at radius 1 is 1.42 bits per heavy atom. The van der Waals surface area contributed by atoms with E-state index in [0.29, 0.717) is 32.7 Å². The molecule has 1 aliphatic heterocycles. The number of likely N-dealkylation sites (N-methyl/N-ethyl adjacent to an activating group) is 1. The average Bonchev–Trinajstić information content (AvgIpc) is 3.04. The summed E-state index contributed by atoms with van der Waals surface area (Å²) in [4.78, 5) is 22.2. The molecule has 1 amide bonds. The lowest BCUT2D eigenvalue weighted by Crippen LogP contribution is -2.51. The molecule has 2 heterocycles. The molecule has 0 aliphatic carbocycles. The van der Waals surface area contributed by atoms with Gasteiger partial charge in [0, 0.05) is 26.0 Å². The molecule has 0 bridgehead atoms. The van der Waals surface area contributed by atoms with Crippen molar-refractivity contribution in [3.8, 4) is 0 Å². The maximum Gasteiger partial charge on any atom is 0.220 e. The van der Waals surface area contributed by atoms with Crippen LogP contribution >= 0.6 is 0 Å². The number of benzene rings is 1. The van der Waals surface area contributed by atoms with Crippen LogP contribution in [0.4, 0.5) is 0 Å². The van der Waals surface area contributed by atoms with Gasteiger partial charge in [0.1, 0.15) is 5.82 Å². The fourth-order valence-electron chi connectivity index (χ4n) is 3.07. The lowest BCUT2D eigenvalue weighted by atomic mass is 10.1. The Morgan fingerprint density at radius 2 is 2.27 bits per heavy atom. The summed E-state index contributed by atoms with van der Waals surface area (Å²) < 4.78 is 11.5. The largest absolute Gasteiger partial charge is 0.379 e. The molecule has 0 saturated carbocycles. The minimum Gasteiger partial charge on any atom is -0.379 e. The highest BCUT2D eigenvalue weighted by Gasteiger charge is 2.27. The number of rotatable bonds is 8. The SMILES string of the molecule is CN(C)CCO[C@H]1CCOC[C@H]1NC(=O)CCc1nc2ccccc2[nH]1. The van der Waals surface area contributed by atoms with Gasteiger partial charge in [-0.15, -0.1) is 0 Å². The predicted molar refractivity (Wildman–Crippen MR) is 100 cm³/mol. The number of fused-ring (bicyclic) bond motifs is 1. The first-order valence-corrected chi connectivity index (χ1v) is 9.19. The van der Waals surface area contributed by atoms with Gasteiger partial charge in [0.05, 0.1) is 36.4 Å². The number of H-pyrrole nitrogens is 1. The quantitative estimate of drug-likeness (QED) is 0.743. The van der Waals surface area contributed by atoms with E-state index in [1.807, 2.05) is 38.4 Å². The number of aromatic amines is 1. The van der Waals surface area contributed by atoms with Gasteiger partial charge in [-0.05, 0) is 32.6 Å². The van der Waals surface area contributed by atoms with E-state index >= 15 is 0 Å². The Hall–Kier alpha value is -1.96. The number of hydrogen-bond donors (Lipinski definition) is 2. The first kappa shape index (κ1) is 18.8. The summed E-state index contributed by atoms with van der Waals surface area (Å²) in [7, 11) is 4.04. The molecule has 2 N–H and O–H groups in total. The first-order chi connectivity index (χ1) is 12.6. The second-order valence-corrected chi connectivity index (χ2v) is 6.95. The molecule has 26 heavy (non-hydrogen) atoms. The van der Waals surface area contributed by atoms with E-state index in [2.05, 4.69) is 20.2 Å². The lowest BCUT2D eigenvalue weighted by molar-refractivity contribution is -0.126. The van der Waals surface area contributed by atoms with Crippen molar-refractivity contribution in [1.29, 1.82) is 0 Å². The maximum atomic E-state index is 12.4. The van der Waals surface area contributed by atoms with Gasteiger partial charge in [0.15, 0.2) is 0 Å². The van der Waals surface area contributed by atoms with Crippen molar-refractivity contribution >= 4 is 16.9 Å². The smallest absolute Gasteiger partial charge is 0.220 e. The van der Waals surface area contributed by atoms with Crippen molar-refractivity contribution in [2.24, 2.45) is 0 Å². The third kappa shape index (κ3) is 5.27. The summed E-state index contributed by atoms with van der Waals surface area (Å²) in [5.41, 5.74) is 1.93. The fraction of sp³-hybridized carbons (Fsp3) is 0.579. The third-order valence-corrected chi connectivity index (χ3v) is 4.54. The van der Waals surface area contributed by atoms with Gasteiger partial charge >= 0.3 is 0 Å². The molecule has 3 rings (SSSR count). The zero-order valence-corrected chi connectivity index (χ0v) is 15.5. The summed E-state index contributed by atoms with van der Waals surface area (Å²) in [6.45, 7) is 2.70. The number of nitrogens with one attached hydrogen (secondary N) is 2. The summed E-state index contributed by atoms with van der Waals surface area (Å²) >= 11 is 0. The number of aryl methyl sites for hydroxylation is 1. The number of imidazole rings is 1. The molecule has 0 spiro atoms. The second kappa shape index (κ2) is 9.12. The molecule has 2 aromatic rings. The number of nitrogens with zero attached hydrogens (tertiary/aromatic N) is 2.